The van der Waals surface area contributed by atoms with Crippen LogP contribution in [0.15, 0.2) is 65.5 Å². The van der Waals surface area contributed by atoms with Crippen molar-refractivity contribution in [2.24, 2.45) is 29.1 Å². The molecule has 4 bridgehead atoms. The van der Waals surface area contributed by atoms with E-state index in [4.69, 9.17) is 4.74 Å². The van der Waals surface area contributed by atoms with Gasteiger partial charge < -0.3 is 29.7 Å². The Morgan fingerprint density at radius 1 is 0.701 bits per heavy atom. The maximum Gasteiger partial charge on any atom is 0.272 e. The van der Waals surface area contributed by atoms with E-state index in [1.54, 1.807) is 46.2 Å². The summed E-state index contributed by atoms with van der Waals surface area (Å²) in [5.41, 5.74) is 1.41. The van der Waals surface area contributed by atoms with E-state index in [1.807, 2.05) is 23.1 Å². The third-order valence-corrected chi connectivity index (χ3v) is 19.3. The van der Waals surface area contributed by atoms with Crippen LogP contribution in [0.4, 0.5) is 8.78 Å². The smallest absolute Gasteiger partial charge is 0.272 e. The number of H-pyrrole nitrogens is 1. The predicted octanol–water partition coefficient (Wildman–Crippen LogP) is 6.68. The van der Waals surface area contributed by atoms with Crippen molar-refractivity contribution in [1.82, 2.24) is 40.0 Å². The maximum absolute atomic E-state index is 16.7. The molecule has 4 aliphatic heterocycles. The van der Waals surface area contributed by atoms with Crippen LogP contribution >= 0.6 is 0 Å². The van der Waals surface area contributed by atoms with Crippen LogP contribution in [0.2, 0.25) is 0 Å². The quantitative estimate of drug-likeness (QED) is 0.149. The van der Waals surface area contributed by atoms with Gasteiger partial charge in [-0.15, -0.1) is 0 Å². The largest absolute Gasteiger partial charge is 0.375 e. The first-order valence-electron chi connectivity index (χ1n) is 28.7. The predicted molar refractivity (Wildman–Crippen MR) is 284 cm³/mol. The first kappa shape index (κ1) is 51.7. The van der Waals surface area contributed by atoms with Crippen LogP contribution in [-0.2, 0) is 25.5 Å². The normalized spacial score (nSPS) is 26.5. The van der Waals surface area contributed by atoms with Gasteiger partial charge in [-0.1, -0.05) is 55.7 Å². The average Bonchev–Trinajstić information content (AvgIpc) is 3.84. The van der Waals surface area contributed by atoms with Crippen molar-refractivity contribution in [1.29, 1.82) is 0 Å². The van der Waals surface area contributed by atoms with Gasteiger partial charge in [-0.25, -0.2) is 13.9 Å². The fourth-order valence-electron chi connectivity index (χ4n) is 14.9. The van der Waals surface area contributed by atoms with Gasteiger partial charge in [-0.2, -0.15) is 5.10 Å². The molecule has 9 aliphatic rings. The summed E-state index contributed by atoms with van der Waals surface area (Å²) in [6.07, 6.45) is 13.0. The third kappa shape index (κ3) is 10.3. The first-order chi connectivity index (χ1) is 37.4. The van der Waals surface area contributed by atoms with E-state index in [-0.39, 0.29) is 89.4 Å². The molecular weight excluding hydrogens is 983 g/mol. The number of carbonyl (C=O) groups excluding carboxylic acids is 5. The standard InChI is InChI=1S/C60H72F2N8O7/c61-49-16-13-37(30-50-44-9-4-5-10-45(44)56(73)65-64-50)29-48(49)57(74)69-27-25-67(26-28-69)51(71)36-66-21-17-42(18-22-66)77-43-19-23-68(24-20-43)58(75)54(39-7-2-1-3-8-39)63-55(72)47-12-6-11-46(53(47)62)52-40-14-15-41(52)35-70(34-40)59(76)60-31-38(32-60)33-60/h4-6,9-13,16,29,38-43,52,54H,1-3,7-8,14-15,17-28,30-36H2,(H,63,72)(H,65,73)/t38?,40-,41+,52?,54-,60?/m1/s1. The summed E-state index contributed by atoms with van der Waals surface area (Å²) < 4.78 is 38.5. The fraction of sp³-hybridized carbons (Fsp3) is 0.583. The monoisotopic (exact) mass is 1050 g/mol. The average molecular weight is 1060 g/mol. The zero-order valence-electron chi connectivity index (χ0n) is 44.1. The number of likely N-dealkylation sites (tertiary alicyclic amines) is 3. The number of halogens is 2. The number of piperazine rings is 1. The molecular formula is C60H72F2N8O7. The third-order valence-electron chi connectivity index (χ3n) is 19.3. The molecule has 4 saturated heterocycles. The van der Waals surface area contributed by atoms with Gasteiger partial charge in [0, 0.05) is 77.3 Å². The highest BCUT2D eigenvalue weighted by atomic mass is 19.1. The number of aromatic amines is 1. The molecule has 9 fully saturated rings. The second kappa shape index (κ2) is 21.6. The van der Waals surface area contributed by atoms with Crippen molar-refractivity contribution in [2.45, 2.75) is 120 Å². The second-order valence-corrected chi connectivity index (χ2v) is 24.0. The number of ether oxygens (including phenoxy) is 1. The molecule has 5 heterocycles. The van der Waals surface area contributed by atoms with Crippen LogP contribution in [-0.4, -0.2) is 154 Å². The molecule has 17 heteroatoms. The van der Waals surface area contributed by atoms with Crippen LogP contribution in [0.25, 0.3) is 10.8 Å². The van der Waals surface area contributed by atoms with Crippen LogP contribution in [0.1, 0.15) is 133 Å². The van der Waals surface area contributed by atoms with Crippen molar-refractivity contribution in [2.75, 3.05) is 72.0 Å². The SMILES string of the molecule is O=C(N[C@@H](C(=O)N1CCC(OC2CCN(CC(=O)N3CCN(C(=O)c4cc(Cc5n[nH]c(=O)c6ccccc56)ccc4F)CC3)CC2)CC1)C1CCCCC1)c1cccc(C2[C@@H]3CC[C@H]2CN(C(=O)C24CC(C2)C4)C3)c1F. The summed E-state index contributed by atoms with van der Waals surface area (Å²) in [5.74, 6) is -0.866. The van der Waals surface area contributed by atoms with Crippen molar-refractivity contribution in [3.8, 4) is 0 Å². The van der Waals surface area contributed by atoms with E-state index in [0.29, 0.717) is 105 Å². The van der Waals surface area contributed by atoms with E-state index in [2.05, 4.69) is 25.3 Å². The molecule has 0 radical (unpaired) electrons. The van der Waals surface area contributed by atoms with Crippen molar-refractivity contribution < 1.29 is 37.5 Å². The van der Waals surface area contributed by atoms with E-state index in [1.165, 1.54) is 6.07 Å². The molecule has 408 valence electrons. The highest BCUT2D eigenvalue weighted by Crippen LogP contribution is 2.65. The Morgan fingerprint density at radius 3 is 2.04 bits per heavy atom. The summed E-state index contributed by atoms with van der Waals surface area (Å²) >= 11 is 0. The number of aromatic nitrogens is 2. The second-order valence-electron chi connectivity index (χ2n) is 24.0. The molecule has 4 aromatic rings. The van der Waals surface area contributed by atoms with Gasteiger partial charge in [0.15, 0.2) is 0 Å². The molecule has 1 unspecified atom stereocenters. The van der Waals surface area contributed by atoms with Gasteiger partial charge >= 0.3 is 0 Å². The van der Waals surface area contributed by atoms with Gasteiger partial charge in [0.05, 0.1) is 46.4 Å². The molecule has 5 amide bonds. The first-order valence-corrected chi connectivity index (χ1v) is 28.7. The van der Waals surface area contributed by atoms with Crippen LogP contribution in [0.5, 0.6) is 0 Å². The Hall–Kier alpha value is -6.07. The topological polar surface area (TPSA) is 169 Å². The minimum Gasteiger partial charge on any atom is -0.375 e. The van der Waals surface area contributed by atoms with Crippen LogP contribution in [0, 0.1) is 40.7 Å². The zero-order chi connectivity index (χ0) is 53.0. The molecule has 77 heavy (non-hydrogen) atoms. The maximum atomic E-state index is 16.7. The molecule has 13 rings (SSSR count). The van der Waals surface area contributed by atoms with Gasteiger partial charge in [0.2, 0.25) is 17.7 Å². The van der Waals surface area contributed by atoms with E-state index in [0.717, 1.165) is 83.0 Å². The minimum atomic E-state index is -0.738. The molecule has 4 atom stereocenters. The number of piperidine rings is 3. The number of nitrogens with one attached hydrogen (secondary N) is 2. The highest BCUT2D eigenvalue weighted by Gasteiger charge is 2.63. The minimum absolute atomic E-state index is 0.00379. The number of fused-ring (bicyclic) bond motifs is 3. The van der Waals surface area contributed by atoms with Gasteiger partial charge in [0.1, 0.15) is 17.7 Å². The Labute approximate surface area is 448 Å². The lowest BCUT2D eigenvalue weighted by Gasteiger charge is -2.61. The van der Waals surface area contributed by atoms with Crippen molar-refractivity contribution >= 4 is 40.3 Å². The molecule has 3 aromatic carbocycles. The van der Waals surface area contributed by atoms with Gasteiger partial charge in [-0.3, -0.25) is 33.7 Å². The number of amides is 5. The van der Waals surface area contributed by atoms with Crippen molar-refractivity contribution in [3.63, 3.8) is 0 Å². The summed E-state index contributed by atoms with van der Waals surface area (Å²) in [6.45, 7) is 5.31. The number of hydrogen-bond donors (Lipinski definition) is 2. The molecule has 5 aliphatic carbocycles. The summed E-state index contributed by atoms with van der Waals surface area (Å²) in [7, 11) is 0. The highest BCUT2D eigenvalue weighted by molar-refractivity contribution is 5.98. The van der Waals surface area contributed by atoms with Crippen molar-refractivity contribution in [3.05, 3.63) is 111 Å². The Morgan fingerprint density at radius 2 is 1.36 bits per heavy atom. The zero-order valence-corrected chi connectivity index (χ0v) is 44.1. The number of rotatable bonds is 13. The number of carbonyl (C=O) groups is 5. The molecule has 2 N–H and O–H groups in total. The molecule has 5 saturated carbocycles. The van der Waals surface area contributed by atoms with Crippen LogP contribution < -0.4 is 10.9 Å². The lowest BCUT2D eigenvalue weighted by Crippen LogP contribution is -2.62. The number of nitrogens with zero attached hydrogens (tertiary/aromatic N) is 6. The fourth-order valence-corrected chi connectivity index (χ4v) is 14.9. The summed E-state index contributed by atoms with van der Waals surface area (Å²) in [4.78, 5) is 91.0. The van der Waals surface area contributed by atoms with Gasteiger partial charge in [0.25, 0.3) is 17.4 Å². The Balaban J connectivity index is 0.590. The van der Waals surface area contributed by atoms with E-state index in [9.17, 15) is 28.8 Å². The lowest BCUT2D eigenvalue weighted by molar-refractivity contribution is -0.179. The molecule has 1 aromatic heterocycles. The van der Waals surface area contributed by atoms with Gasteiger partial charge in [-0.05, 0) is 136 Å². The number of benzene rings is 3. The summed E-state index contributed by atoms with van der Waals surface area (Å²) in [6, 6.07) is 16.0. The summed E-state index contributed by atoms with van der Waals surface area (Å²) in [5, 5.41) is 11.1. The van der Waals surface area contributed by atoms with Crippen LogP contribution in [0.3, 0.4) is 0 Å². The van der Waals surface area contributed by atoms with E-state index < -0.39 is 29.5 Å². The molecule has 0 spiro atoms. The Kier molecular flexibility index (Phi) is 14.5. The molecule has 15 nitrogen and oxygen atoms in total. The number of hydrogen-bond acceptors (Lipinski definition) is 9. The lowest BCUT2D eigenvalue weighted by atomic mass is 9.44. The Bertz CT molecular complexity index is 2940. The van der Waals surface area contributed by atoms with E-state index >= 15 is 8.78 Å².